The molecule has 0 saturated heterocycles. The summed E-state index contributed by atoms with van der Waals surface area (Å²) < 4.78 is 13.8. The number of rotatable bonds is 2. The molecule has 0 aliphatic heterocycles. The SMILES string of the molecule is CC(N)c1ccc(-c2ccccc2)c(F)c1.Cl. The van der Waals surface area contributed by atoms with Crippen LogP contribution in [0.3, 0.4) is 0 Å². The van der Waals surface area contributed by atoms with Gasteiger partial charge in [0.25, 0.3) is 0 Å². The second kappa shape index (κ2) is 5.80. The summed E-state index contributed by atoms with van der Waals surface area (Å²) in [6.07, 6.45) is 0. The maximum absolute atomic E-state index is 13.8. The lowest BCUT2D eigenvalue weighted by molar-refractivity contribution is 0.626. The molecule has 0 amide bonds. The highest BCUT2D eigenvalue weighted by molar-refractivity contribution is 5.85. The molecule has 0 heterocycles. The van der Waals surface area contributed by atoms with Crippen LogP contribution in [0.5, 0.6) is 0 Å². The summed E-state index contributed by atoms with van der Waals surface area (Å²) in [7, 11) is 0. The maximum atomic E-state index is 13.8. The monoisotopic (exact) mass is 251 g/mol. The third-order valence-corrected chi connectivity index (χ3v) is 2.60. The van der Waals surface area contributed by atoms with Crippen LogP contribution in [0.15, 0.2) is 48.5 Å². The summed E-state index contributed by atoms with van der Waals surface area (Å²) in [5.74, 6) is -0.221. The fourth-order valence-corrected chi connectivity index (χ4v) is 1.67. The van der Waals surface area contributed by atoms with E-state index in [1.165, 1.54) is 6.07 Å². The summed E-state index contributed by atoms with van der Waals surface area (Å²) in [6, 6.07) is 14.5. The topological polar surface area (TPSA) is 26.0 Å². The third kappa shape index (κ3) is 3.05. The van der Waals surface area contributed by atoms with Crippen LogP contribution in [0, 0.1) is 5.82 Å². The van der Waals surface area contributed by atoms with Crippen molar-refractivity contribution in [2.45, 2.75) is 13.0 Å². The molecule has 0 aromatic heterocycles. The maximum Gasteiger partial charge on any atom is 0.131 e. The molecule has 0 aliphatic rings. The van der Waals surface area contributed by atoms with Crippen molar-refractivity contribution in [1.29, 1.82) is 0 Å². The van der Waals surface area contributed by atoms with Crippen molar-refractivity contribution in [3.63, 3.8) is 0 Å². The van der Waals surface area contributed by atoms with Gasteiger partial charge in [-0.25, -0.2) is 4.39 Å². The van der Waals surface area contributed by atoms with E-state index in [-0.39, 0.29) is 24.3 Å². The first-order valence-electron chi connectivity index (χ1n) is 5.29. The van der Waals surface area contributed by atoms with E-state index in [9.17, 15) is 4.39 Å². The second-order valence-electron chi connectivity index (χ2n) is 3.89. The molecule has 1 nitrogen and oxygen atoms in total. The molecule has 0 spiro atoms. The summed E-state index contributed by atoms with van der Waals surface area (Å²) in [4.78, 5) is 0. The minimum atomic E-state index is -0.221. The predicted octanol–water partition coefficient (Wildman–Crippen LogP) is 3.93. The summed E-state index contributed by atoms with van der Waals surface area (Å²) in [5.41, 5.74) is 8.02. The van der Waals surface area contributed by atoms with Crippen LogP contribution in [0.4, 0.5) is 4.39 Å². The van der Waals surface area contributed by atoms with Crippen LogP contribution in [0.2, 0.25) is 0 Å². The molecule has 2 rings (SSSR count). The van der Waals surface area contributed by atoms with Crippen LogP contribution < -0.4 is 5.73 Å². The van der Waals surface area contributed by atoms with E-state index in [1.54, 1.807) is 6.07 Å². The van der Waals surface area contributed by atoms with Crippen LogP contribution in [0.25, 0.3) is 11.1 Å². The highest BCUT2D eigenvalue weighted by Gasteiger charge is 2.07. The quantitative estimate of drug-likeness (QED) is 0.860. The Balaban J connectivity index is 0.00000144. The average molecular weight is 252 g/mol. The van der Waals surface area contributed by atoms with E-state index < -0.39 is 0 Å². The Morgan fingerprint density at radius 3 is 2.24 bits per heavy atom. The molecule has 2 N–H and O–H groups in total. The number of hydrogen-bond acceptors (Lipinski definition) is 1. The molecular formula is C14H15ClFN. The highest BCUT2D eigenvalue weighted by Crippen LogP contribution is 2.24. The van der Waals surface area contributed by atoms with Crippen molar-refractivity contribution >= 4 is 12.4 Å². The van der Waals surface area contributed by atoms with Crippen molar-refractivity contribution in [3.8, 4) is 11.1 Å². The minimum Gasteiger partial charge on any atom is -0.324 e. The first-order chi connectivity index (χ1) is 7.68. The molecule has 90 valence electrons. The average Bonchev–Trinajstić information content (AvgIpc) is 2.30. The largest absolute Gasteiger partial charge is 0.324 e. The summed E-state index contributed by atoms with van der Waals surface area (Å²) >= 11 is 0. The molecule has 0 radical (unpaired) electrons. The molecular weight excluding hydrogens is 237 g/mol. The van der Waals surface area contributed by atoms with Crippen molar-refractivity contribution in [2.24, 2.45) is 5.73 Å². The third-order valence-electron chi connectivity index (χ3n) is 2.60. The number of nitrogens with two attached hydrogens (primary N) is 1. The van der Waals surface area contributed by atoms with Gasteiger partial charge >= 0.3 is 0 Å². The second-order valence-corrected chi connectivity index (χ2v) is 3.89. The van der Waals surface area contributed by atoms with Gasteiger partial charge in [-0.15, -0.1) is 12.4 Å². The molecule has 3 heteroatoms. The number of benzene rings is 2. The van der Waals surface area contributed by atoms with Gasteiger partial charge in [0.15, 0.2) is 0 Å². The molecule has 2 aromatic rings. The van der Waals surface area contributed by atoms with E-state index in [0.717, 1.165) is 11.1 Å². The molecule has 1 unspecified atom stereocenters. The van der Waals surface area contributed by atoms with Gasteiger partial charge in [0.1, 0.15) is 5.82 Å². The van der Waals surface area contributed by atoms with Gasteiger partial charge in [-0.2, -0.15) is 0 Å². The van der Waals surface area contributed by atoms with Gasteiger partial charge in [-0.3, -0.25) is 0 Å². The molecule has 0 bridgehead atoms. The lowest BCUT2D eigenvalue weighted by atomic mass is 10.0. The first kappa shape index (κ1) is 13.7. The van der Waals surface area contributed by atoms with E-state index in [1.807, 2.05) is 43.3 Å². The molecule has 0 fully saturated rings. The van der Waals surface area contributed by atoms with E-state index in [0.29, 0.717) is 5.56 Å². The van der Waals surface area contributed by atoms with Crippen molar-refractivity contribution in [2.75, 3.05) is 0 Å². The zero-order valence-corrected chi connectivity index (χ0v) is 10.4. The number of hydrogen-bond donors (Lipinski definition) is 1. The van der Waals surface area contributed by atoms with Crippen LogP contribution in [0.1, 0.15) is 18.5 Å². The van der Waals surface area contributed by atoms with Crippen molar-refractivity contribution in [1.82, 2.24) is 0 Å². The van der Waals surface area contributed by atoms with Gasteiger partial charge < -0.3 is 5.73 Å². The van der Waals surface area contributed by atoms with Gasteiger partial charge in [-0.05, 0) is 24.1 Å². The number of halogens is 2. The Labute approximate surface area is 107 Å². The molecule has 1 atom stereocenters. The van der Waals surface area contributed by atoms with E-state index in [2.05, 4.69) is 0 Å². The van der Waals surface area contributed by atoms with Crippen molar-refractivity contribution in [3.05, 3.63) is 59.9 Å². The Hall–Kier alpha value is -1.38. The molecule has 0 aliphatic carbocycles. The molecule has 17 heavy (non-hydrogen) atoms. The summed E-state index contributed by atoms with van der Waals surface area (Å²) in [5, 5.41) is 0. The van der Waals surface area contributed by atoms with Crippen LogP contribution in [-0.4, -0.2) is 0 Å². The fourth-order valence-electron chi connectivity index (χ4n) is 1.67. The molecule has 0 saturated carbocycles. The highest BCUT2D eigenvalue weighted by atomic mass is 35.5. The zero-order chi connectivity index (χ0) is 11.5. The Morgan fingerprint density at radius 2 is 1.71 bits per heavy atom. The Morgan fingerprint density at radius 1 is 1.06 bits per heavy atom. The fraction of sp³-hybridized carbons (Fsp3) is 0.143. The lowest BCUT2D eigenvalue weighted by Crippen LogP contribution is -2.05. The minimum absolute atomic E-state index is 0. The van der Waals surface area contributed by atoms with Gasteiger partial charge in [-0.1, -0.05) is 42.5 Å². The summed E-state index contributed by atoms with van der Waals surface area (Å²) in [6.45, 7) is 1.84. The van der Waals surface area contributed by atoms with Crippen LogP contribution in [-0.2, 0) is 0 Å². The van der Waals surface area contributed by atoms with Gasteiger partial charge in [0.05, 0.1) is 0 Å². The van der Waals surface area contributed by atoms with Crippen LogP contribution >= 0.6 is 12.4 Å². The first-order valence-corrected chi connectivity index (χ1v) is 5.29. The van der Waals surface area contributed by atoms with E-state index in [4.69, 9.17) is 5.73 Å². The Kier molecular flexibility index (Phi) is 4.67. The zero-order valence-electron chi connectivity index (χ0n) is 9.56. The normalized spacial score (nSPS) is 11.7. The van der Waals surface area contributed by atoms with Gasteiger partial charge in [0, 0.05) is 11.6 Å². The smallest absolute Gasteiger partial charge is 0.131 e. The molecule has 2 aromatic carbocycles. The standard InChI is InChI=1S/C14H14FN.ClH/c1-10(16)12-7-8-13(14(15)9-12)11-5-3-2-4-6-11;/h2-10H,16H2,1H3;1H. The van der Waals surface area contributed by atoms with Crippen molar-refractivity contribution < 1.29 is 4.39 Å². The predicted molar refractivity (Wildman–Crippen MR) is 71.7 cm³/mol. The van der Waals surface area contributed by atoms with Gasteiger partial charge in [0.2, 0.25) is 0 Å². The lowest BCUT2D eigenvalue weighted by Gasteiger charge is -2.08. The van der Waals surface area contributed by atoms with E-state index >= 15 is 0 Å². The Bertz CT molecular complexity index is 483.